The molecule has 0 fully saturated rings. The molecule has 3 aromatic rings. The van der Waals surface area contributed by atoms with Crippen LogP contribution in [0.5, 0.6) is 0 Å². The third-order valence-electron chi connectivity index (χ3n) is 2.84. The Morgan fingerprint density at radius 3 is 3.06 bits per heavy atom. The fraction of sp³-hybridized carbons (Fsp3) is 0.167. The summed E-state index contributed by atoms with van der Waals surface area (Å²) in [7, 11) is 0. The number of aromatic nitrogens is 3. The predicted molar refractivity (Wildman–Crippen MR) is 63.5 cm³/mol. The van der Waals surface area contributed by atoms with Gasteiger partial charge in [-0.1, -0.05) is 6.07 Å². The number of nitrogens with zero attached hydrogens (tertiary/aromatic N) is 2. The smallest absolute Gasteiger partial charge is 0.181 e. The molecule has 0 saturated carbocycles. The van der Waals surface area contributed by atoms with Gasteiger partial charge in [-0.25, -0.2) is 9.97 Å². The van der Waals surface area contributed by atoms with E-state index in [1.165, 1.54) is 6.39 Å². The van der Waals surface area contributed by atoms with E-state index in [0.717, 1.165) is 22.5 Å². The largest absolute Gasteiger partial charge is 0.443 e. The first-order valence-corrected chi connectivity index (χ1v) is 5.41. The highest BCUT2D eigenvalue weighted by molar-refractivity contribution is 5.73. The molecule has 17 heavy (non-hydrogen) atoms. The summed E-state index contributed by atoms with van der Waals surface area (Å²) in [5.74, 6) is 0.922. The maximum absolute atomic E-state index is 5.81. The minimum Gasteiger partial charge on any atom is -0.443 e. The van der Waals surface area contributed by atoms with Crippen LogP contribution in [0.25, 0.3) is 11.1 Å². The summed E-state index contributed by atoms with van der Waals surface area (Å²) in [6.45, 7) is 0.493. The Balaban J connectivity index is 2.06. The topological polar surface area (TPSA) is 80.7 Å². The Morgan fingerprint density at radius 2 is 2.29 bits per heavy atom. The monoisotopic (exact) mass is 228 g/mol. The van der Waals surface area contributed by atoms with E-state index < -0.39 is 0 Å². The number of H-pyrrole nitrogens is 1. The molecule has 0 bridgehead atoms. The SMILES string of the molecule is NCC(c1ccc2ncoc2c1)c1ncc[nH]1. The van der Waals surface area contributed by atoms with Gasteiger partial charge in [0.1, 0.15) is 11.3 Å². The van der Waals surface area contributed by atoms with E-state index in [4.69, 9.17) is 10.2 Å². The molecular weight excluding hydrogens is 216 g/mol. The van der Waals surface area contributed by atoms with E-state index in [9.17, 15) is 0 Å². The van der Waals surface area contributed by atoms with E-state index in [-0.39, 0.29) is 5.92 Å². The number of nitrogens with one attached hydrogen (secondary N) is 1. The van der Waals surface area contributed by atoms with Crippen molar-refractivity contribution in [3.63, 3.8) is 0 Å². The van der Waals surface area contributed by atoms with Crippen molar-refractivity contribution >= 4 is 11.1 Å². The van der Waals surface area contributed by atoms with Gasteiger partial charge in [0.25, 0.3) is 0 Å². The Kier molecular flexibility index (Phi) is 2.38. The summed E-state index contributed by atoms with van der Waals surface area (Å²) in [5.41, 5.74) is 8.51. The number of aromatic amines is 1. The normalized spacial score (nSPS) is 13.0. The molecule has 2 heterocycles. The summed E-state index contributed by atoms with van der Waals surface area (Å²) < 4.78 is 5.29. The van der Waals surface area contributed by atoms with Gasteiger partial charge in [-0.3, -0.25) is 0 Å². The molecule has 0 aliphatic rings. The molecule has 0 aliphatic heterocycles. The van der Waals surface area contributed by atoms with Crippen molar-refractivity contribution in [3.05, 3.63) is 48.4 Å². The van der Waals surface area contributed by atoms with E-state index in [1.54, 1.807) is 12.4 Å². The number of hydrogen-bond donors (Lipinski definition) is 2. The minimum absolute atomic E-state index is 0.0551. The molecule has 1 atom stereocenters. The van der Waals surface area contributed by atoms with Gasteiger partial charge in [0, 0.05) is 18.9 Å². The lowest BCUT2D eigenvalue weighted by atomic mass is 9.98. The maximum atomic E-state index is 5.81. The molecule has 0 aliphatic carbocycles. The number of hydrogen-bond acceptors (Lipinski definition) is 4. The molecule has 5 nitrogen and oxygen atoms in total. The first-order valence-electron chi connectivity index (χ1n) is 5.41. The van der Waals surface area contributed by atoms with Crippen LogP contribution in [0.15, 0.2) is 41.4 Å². The molecule has 2 aromatic heterocycles. The second-order valence-electron chi connectivity index (χ2n) is 3.84. The zero-order chi connectivity index (χ0) is 11.7. The van der Waals surface area contributed by atoms with Crippen molar-refractivity contribution < 1.29 is 4.42 Å². The van der Waals surface area contributed by atoms with Gasteiger partial charge in [0.05, 0.1) is 5.92 Å². The fourth-order valence-corrected chi connectivity index (χ4v) is 1.96. The summed E-state index contributed by atoms with van der Waals surface area (Å²) in [6, 6.07) is 5.90. The summed E-state index contributed by atoms with van der Waals surface area (Å²) in [4.78, 5) is 11.4. The third-order valence-corrected chi connectivity index (χ3v) is 2.84. The van der Waals surface area contributed by atoms with Gasteiger partial charge in [-0.2, -0.15) is 0 Å². The Morgan fingerprint density at radius 1 is 1.35 bits per heavy atom. The van der Waals surface area contributed by atoms with Crippen LogP contribution in [0.2, 0.25) is 0 Å². The lowest BCUT2D eigenvalue weighted by Crippen LogP contribution is -2.15. The third kappa shape index (κ3) is 1.70. The van der Waals surface area contributed by atoms with E-state index in [0.29, 0.717) is 6.54 Å². The van der Waals surface area contributed by atoms with Gasteiger partial charge < -0.3 is 15.1 Å². The number of nitrogens with two attached hydrogens (primary N) is 1. The molecular formula is C12H12N4O. The van der Waals surface area contributed by atoms with Crippen LogP contribution in [-0.4, -0.2) is 21.5 Å². The van der Waals surface area contributed by atoms with Gasteiger partial charge in [0.15, 0.2) is 12.0 Å². The molecule has 3 rings (SSSR count). The lowest BCUT2D eigenvalue weighted by molar-refractivity contribution is 0.601. The van der Waals surface area contributed by atoms with Gasteiger partial charge in [-0.05, 0) is 17.7 Å². The molecule has 0 amide bonds. The van der Waals surface area contributed by atoms with Crippen LogP contribution in [0, 0.1) is 0 Å². The van der Waals surface area contributed by atoms with Crippen molar-refractivity contribution in [3.8, 4) is 0 Å². The number of fused-ring (bicyclic) bond motifs is 1. The highest BCUT2D eigenvalue weighted by atomic mass is 16.3. The minimum atomic E-state index is 0.0551. The molecule has 1 unspecified atom stereocenters. The van der Waals surface area contributed by atoms with Gasteiger partial charge in [0.2, 0.25) is 0 Å². The van der Waals surface area contributed by atoms with Crippen molar-refractivity contribution in [1.82, 2.24) is 15.0 Å². The molecule has 0 saturated heterocycles. The van der Waals surface area contributed by atoms with Crippen molar-refractivity contribution in [2.75, 3.05) is 6.54 Å². The van der Waals surface area contributed by atoms with Gasteiger partial charge in [-0.15, -0.1) is 0 Å². The van der Waals surface area contributed by atoms with Crippen molar-refractivity contribution in [2.24, 2.45) is 5.73 Å². The predicted octanol–water partition coefficient (Wildman–Crippen LogP) is 1.64. The zero-order valence-corrected chi connectivity index (χ0v) is 9.13. The van der Waals surface area contributed by atoms with E-state index >= 15 is 0 Å². The Labute approximate surface area is 97.7 Å². The second-order valence-corrected chi connectivity index (χ2v) is 3.84. The highest BCUT2D eigenvalue weighted by Gasteiger charge is 2.15. The van der Waals surface area contributed by atoms with Crippen molar-refractivity contribution in [1.29, 1.82) is 0 Å². The average molecular weight is 228 g/mol. The first-order chi connectivity index (χ1) is 8.38. The summed E-state index contributed by atoms with van der Waals surface area (Å²) in [5, 5.41) is 0. The number of imidazole rings is 1. The maximum Gasteiger partial charge on any atom is 0.181 e. The van der Waals surface area contributed by atoms with Crippen molar-refractivity contribution in [2.45, 2.75) is 5.92 Å². The van der Waals surface area contributed by atoms with Crippen LogP contribution in [0.4, 0.5) is 0 Å². The summed E-state index contributed by atoms with van der Waals surface area (Å²) in [6.07, 6.45) is 4.97. The first kappa shape index (κ1) is 10.0. The fourth-order valence-electron chi connectivity index (χ4n) is 1.96. The van der Waals surface area contributed by atoms with Crippen LogP contribution in [0.1, 0.15) is 17.3 Å². The average Bonchev–Trinajstić information content (AvgIpc) is 2.99. The highest BCUT2D eigenvalue weighted by Crippen LogP contribution is 2.24. The zero-order valence-electron chi connectivity index (χ0n) is 9.13. The number of benzene rings is 1. The molecule has 0 spiro atoms. The second kappa shape index (κ2) is 4.03. The number of rotatable bonds is 3. The lowest BCUT2D eigenvalue weighted by Gasteiger charge is -2.12. The van der Waals surface area contributed by atoms with E-state index in [2.05, 4.69) is 15.0 Å². The molecule has 5 heteroatoms. The van der Waals surface area contributed by atoms with E-state index in [1.807, 2.05) is 18.2 Å². The van der Waals surface area contributed by atoms with Gasteiger partial charge >= 0.3 is 0 Å². The van der Waals surface area contributed by atoms with Crippen LogP contribution in [-0.2, 0) is 0 Å². The standard InChI is InChI=1S/C12H12N4O/c13-6-9(12-14-3-4-15-12)8-1-2-10-11(5-8)17-7-16-10/h1-5,7,9H,6,13H2,(H,14,15). The molecule has 86 valence electrons. The molecule has 0 radical (unpaired) electrons. The quantitative estimate of drug-likeness (QED) is 0.714. The van der Waals surface area contributed by atoms with Crippen LogP contribution < -0.4 is 5.73 Å². The molecule has 3 N–H and O–H groups in total. The Bertz CT molecular complexity index is 614. The Hall–Kier alpha value is -2.14. The van der Waals surface area contributed by atoms with Crippen LogP contribution >= 0.6 is 0 Å². The number of oxazole rings is 1. The molecule has 1 aromatic carbocycles. The van der Waals surface area contributed by atoms with Crippen LogP contribution in [0.3, 0.4) is 0 Å². The summed E-state index contributed by atoms with van der Waals surface area (Å²) >= 11 is 0.